The van der Waals surface area contributed by atoms with Gasteiger partial charge in [0.1, 0.15) is 5.82 Å². The third kappa shape index (κ3) is 2.85. The average molecular weight is 278 g/mol. The van der Waals surface area contributed by atoms with Crippen LogP contribution in [0.3, 0.4) is 0 Å². The molecule has 0 bridgehead atoms. The van der Waals surface area contributed by atoms with Crippen LogP contribution in [0.2, 0.25) is 0 Å². The largest absolute Gasteiger partial charge is 0.336 e. The lowest BCUT2D eigenvalue weighted by Gasteiger charge is -2.32. The van der Waals surface area contributed by atoms with Gasteiger partial charge in [-0.2, -0.15) is 0 Å². The number of hydrogen-bond acceptors (Lipinski definition) is 2. The summed E-state index contributed by atoms with van der Waals surface area (Å²) in [6.45, 7) is 5.05. The molecule has 1 amide bonds. The Balaban J connectivity index is 2.24. The van der Waals surface area contributed by atoms with Crippen LogP contribution in [0, 0.1) is 18.7 Å². The van der Waals surface area contributed by atoms with E-state index in [-0.39, 0.29) is 17.8 Å². The van der Waals surface area contributed by atoms with Gasteiger partial charge in [-0.15, -0.1) is 0 Å². The molecule has 1 aliphatic carbocycles. The van der Waals surface area contributed by atoms with E-state index in [1.807, 2.05) is 11.8 Å². The number of rotatable bonds is 4. The van der Waals surface area contributed by atoms with Crippen molar-refractivity contribution in [3.05, 3.63) is 35.1 Å². The van der Waals surface area contributed by atoms with Crippen LogP contribution in [0.5, 0.6) is 0 Å². The number of amides is 1. The molecule has 2 rings (SSSR count). The lowest BCUT2D eigenvalue weighted by molar-refractivity contribution is 0.0651. The summed E-state index contributed by atoms with van der Waals surface area (Å²) in [5.74, 6) is 0.0813. The van der Waals surface area contributed by atoms with Gasteiger partial charge in [0, 0.05) is 18.2 Å². The molecular formula is C16H23FN2O. The summed E-state index contributed by atoms with van der Waals surface area (Å²) < 4.78 is 13.2. The van der Waals surface area contributed by atoms with Crippen LogP contribution in [0.15, 0.2) is 18.2 Å². The van der Waals surface area contributed by atoms with Gasteiger partial charge in [-0.3, -0.25) is 4.79 Å². The first-order valence-corrected chi connectivity index (χ1v) is 7.35. The molecule has 1 aliphatic rings. The molecule has 4 heteroatoms. The maximum Gasteiger partial charge on any atom is 0.254 e. The summed E-state index contributed by atoms with van der Waals surface area (Å²) in [7, 11) is 0. The van der Waals surface area contributed by atoms with E-state index in [0.29, 0.717) is 30.1 Å². The molecule has 20 heavy (non-hydrogen) atoms. The van der Waals surface area contributed by atoms with E-state index in [2.05, 4.69) is 0 Å². The molecule has 3 nitrogen and oxygen atoms in total. The molecule has 0 saturated heterocycles. The molecule has 1 fully saturated rings. The molecule has 0 heterocycles. The third-order valence-electron chi connectivity index (χ3n) is 4.34. The second-order valence-corrected chi connectivity index (χ2v) is 5.54. The number of aryl methyl sites for hydroxylation is 1. The highest BCUT2D eigenvalue weighted by atomic mass is 19.1. The van der Waals surface area contributed by atoms with Gasteiger partial charge in [-0.25, -0.2) is 4.39 Å². The third-order valence-corrected chi connectivity index (χ3v) is 4.34. The number of nitrogens with two attached hydrogens (primary N) is 1. The van der Waals surface area contributed by atoms with E-state index in [9.17, 15) is 9.18 Å². The average Bonchev–Trinajstić information content (AvgIpc) is 2.87. The minimum atomic E-state index is -0.303. The van der Waals surface area contributed by atoms with Crippen LogP contribution < -0.4 is 5.73 Å². The van der Waals surface area contributed by atoms with Gasteiger partial charge in [0.2, 0.25) is 0 Å². The van der Waals surface area contributed by atoms with Crippen molar-refractivity contribution in [2.45, 2.75) is 39.2 Å². The minimum absolute atomic E-state index is 0.00431. The molecule has 2 N–H and O–H groups in total. The fourth-order valence-electron chi connectivity index (χ4n) is 3.25. The molecule has 110 valence electrons. The number of carbonyl (C=O) groups excluding carboxylic acids is 1. The summed E-state index contributed by atoms with van der Waals surface area (Å²) >= 11 is 0. The van der Waals surface area contributed by atoms with Gasteiger partial charge in [0.05, 0.1) is 0 Å². The van der Waals surface area contributed by atoms with Crippen LogP contribution >= 0.6 is 0 Å². The maximum atomic E-state index is 13.2. The van der Waals surface area contributed by atoms with Gasteiger partial charge in [-0.1, -0.05) is 6.42 Å². The Kier molecular flexibility index (Phi) is 4.76. The Labute approximate surface area is 120 Å². The number of carbonyl (C=O) groups is 1. The van der Waals surface area contributed by atoms with Crippen molar-refractivity contribution in [1.29, 1.82) is 0 Å². The second kappa shape index (κ2) is 6.35. The minimum Gasteiger partial charge on any atom is -0.336 e. The van der Waals surface area contributed by atoms with Crippen molar-refractivity contribution in [3.63, 3.8) is 0 Å². The van der Waals surface area contributed by atoms with Gasteiger partial charge in [-0.05, 0) is 62.9 Å². The van der Waals surface area contributed by atoms with Crippen LogP contribution in [-0.4, -0.2) is 29.9 Å². The predicted molar refractivity (Wildman–Crippen MR) is 78.0 cm³/mol. The first-order chi connectivity index (χ1) is 9.58. The summed E-state index contributed by atoms with van der Waals surface area (Å²) in [6, 6.07) is 4.57. The molecule has 2 atom stereocenters. The molecule has 0 radical (unpaired) electrons. The quantitative estimate of drug-likeness (QED) is 0.920. The smallest absolute Gasteiger partial charge is 0.254 e. The Morgan fingerprint density at radius 3 is 2.80 bits per heavy atom. The fraction of sp³-hybridized carbons (Fsp3) is 0.562. The van der Waals surface area contributed by atoms with E-state index >= 15 is 0 Å². The van der Waals surface area contributed by atoms with Gasteiger partial charge >= 0.3 is 0 Å². The van der Waals surface area contributed by atoms with Crippen LogP contribution in [0.4, 0.5) is 4.39 Å². The van der Waals surface area contributed by atoms with E-state index in [4.69, 9.17) is 5.73 Å². The number of benzene rings is 1. The van der Waals surface area contributed by atoms with Gasteiger partial charge in [0.25, 0.3) is 5.91 Å². The molecule has 0 aliphatic heterocycles. The highest BCUT2D eigenvalue weighted by Crippen LogP contribution is 2.30. The van der Waals surface area contributed by atoms with Crippen molar-refractivity contribution in [2.24, 2.45) is 11.7 Å². The van der Waals surface area contributed by atoms with Gasteiger partial charge in [0.15, 0.2) is 0 Å². The number of halogens is 1. The van der Waals surface area contributed by atoms with Crippen molar-refractivity contribution < 1.29 is 9.18 Å². The van der Waals surface area contributed by atoms with E-state index in [1.165, 1.54) is 12.1 Å². The Bertz CT molecular complexity index is 489. The molecule has 1 aromatic carbocycles. The monoisotopic (exact) mass is 278 g/mol. The molecule has 2 unspecified atom stereocenters. The number of hydrogen-bond donors (Lipinski definition) is 1. The van der Waals surface area contributed by atoms with E-state index in [1.54, 1.807) is 13.0 Å². The summed E-state index contributed by atoms with van der Waals surface area (Å²) in [5, 5.41) is 0. The summed E-state index contributed by atoms with van der Waals surface area (Å²) in [6.07, 6.45) is 3.23. The standard InChI is InChI=1S/C16H23FN2O/c1-3-19(15-6-4-5-12(15)10-18)16(20)14-8-7-13(17)9-11(14)2/h7-9,12,15H,3-6,10,18H2,1-2H3. The van der Waals surface area contributed by atoms with E-state index < -0.39 is 0 Å². The molecule has 1 aromatic rings. The second-order valence-electron chi connectivity index (χ2n) is 5.54. The SMILES string of the molecule is CCN(C(=O)c1ccc(F)cc1C)C1CCCC1CN. The summed E-state index contributed by atoms with van der Waals surface area (Å²) in [4.78, 5) is 14.6. The van der Waals surface area contributed by atoms with Crippen molar-refractivity contribution in [2.75, 3.05) is 13.1 Å². The van der Waals surface area contributed by atoms with Crippen molar-refractivity contribution >= 4 is 5.91 Å². The molecule has 1 saturated carbocycles. The highest BCUT2D eigenvalue weighted by molar-refractivity contribution is 5.95. The van der Waals surface area contributed by atoms with Crippen molar-refractivity contribution in [3.8, 4) is 0 Å². The van der Waals surface area contributed by atoms with Crippen molar-refractivity contribution in [1.82, 2.24) is 4.90 Å². The van der Waals surface area contributed by atoms with Crippen LogP contribution in [-0.2, 0) is 0 Å². The zero-order valence-electron chi connectivity index (χ0n) is 12.2. The molecular weight excluding hydrogens is 255 g/mol. The zero-order valence-corrected chi connectivity index (χ0v) is 12.2. The van der Waals surface area contributed by atoms with Crippen LogP contribution in [0.25, 0.3) is 0 Å². The van der Waals surface area contributed by atoms with Crippen LogP contribution in [0.1, 0.15) is 42.1 Å². The molecule has 0 aromatic heterocycles. The normalized spacial score (nSPS) is 22.0. The fourth-order valence-corrected chi connectivity index (χ4v) is 3.25. The maximum absolute atomic E-state index is 13.2. The first-order valence-electron chi connectivity index (χ1n) is 7.35. The first kappa shape index (κ1) is 15.0. The highest BCUT2D eigenvalue weighted by Gasteiger charge is 2.33. The molecule has 0 spiro atoms. The lowest BCUT2D eigenvalue weighted by atomic mass is 10.00. The summed E-state index contributed by atoms with van der Waals surface area (Å²) in [5.41, 5.74) is 7.10. The topological polar surface area (TPSA) is 46.3 Å². The Hall–Kier alpha value is -1.42. The number of nitrogens with zero attached hydrogens (tertiary/aromatic N) is 1. The Morgan fingerprint density at radius 2 is 2.20 bits per heavy atom. The predicted octanol–water partition coefficient (Wildman–Crippen LogP) is 2.72. The lowest BCUT2D eigenvalue weighted by Crippen LogP contribution is -2.44. The van der Waals surface area contributed by atoms with Gasteiger partial charge < -0.3 is 10.6 Å². The van der Waals surface area contributed by atoms with E-state index in [0.717, 1.165) is 19.3 Å². The zero-order chi connectivity index (χ0) is 14.7. The Morgan fingerprint density at radius 1 is 1.45 bits per heavy atom.